The Bertz CT molecular complexity index is 257. The van der Waals surface area contributed by atoms with Crippen LogP contribution < -0.4 is 0 Å². The van der Waals surface area contributed by atoms with Crippen molar-refractivity contribution in [3.8, 4) is 0 Å². The van der Waals surface area contributed by atoms with Crippen LogP contribution in [-0.2, 0) is 0 Å². The van der Waals surface area contributed by atoms with Gasteiger partial charge in [-0.3, -0.25) is 0 Å². The maximum atomic E-state index is 14.1. The SMILES string of the molecule is CC(F)(F)C(F)C12CC3CC(CC(C3)C1)C2. The summed E-state index contributed by atoms with van der Waals surface area (Å²) in [5.74, 6) is -1.56. The first-order valence-electron chi connectivity index (χ1n) is 6.41. The number of hydrogen-bond donors (Lipinski definition) is 0. The van der Waals surface area contributed by atoms with Gasteiger partial charge in [0.25, 0.3) is 5.92 Å². The normalized spacial score (nSPS) is 48.4. The van der Waals surface area contributed by atoms with Crippen molar-refractivity contribution in [1.82, 2.24) is 0 Å². The second-order valence-electron chi connectivity index (χ2n) is 6.60. The van der Waals surface area contributed by atoms with Gasteiger partial charge in [-0.15, -0.1) is 0 Å². The van der Waals surface area contributed by atoms with E-state index < -0.39 is 17.5 Å². The fraction of sp³-hybridized carbons (Fsp3) is 1.00. The minimum absolute atomic E-state index is 0.534. The first-order valence-corrected chi connectivity index (χ1v) is 6.41. The van der Waals surface area contributed by atoms with Crippen molar-refractivity contribution >= 4 is 0 Å². The Hall–Kier alpha value is -0.210. The van der Waals surface area contributed by atoms with Crippen molar-refractivity contribution in [2.75, 3.05) is 0 Å². The predicted molar refractivity (Wildman–Crippen MR) is 56.1 cm³/mol. The lowest BCUT2D eigenvalue weighted by molar-refractivity contribution is -0.171. The monoisotopic (exact) mass is 232 g/mol. The lowest BCUT2D eigenvalue weighted by Crippen LogP contribution is -2.54. The van der Waals surface area contributed by atoms with Gasteiger partial charge in [0.15, 0.2) is 6.17 Å². The molecule has 0 aliphatic heterocycles. The summed E-state index contributed by atoms with van der Waals surface area (Å²) in [6.07, 6.45) is 3.72. The second-order valence-corrected chi connectivity index (χ2v) is 6.60. The summed E-state index contributed by atoms with van der Waals surface area (Å²) in [6.45, 7) is 0.746. The molecule has 4 fully saturated rings. The Labute approximate surface area is 94.6 Å². The first kappa shape index (κ1) is 10.9. The third-order valence-corrected chi connectivity index (χ3v) is 5.07. The minimum Gasteiger partial charge on any atom is -0.240 e. The molecule has 4 saturated carbocycles. The van der Waals surface area contributed by atoms with E-state index in [0.717, 1.165) is 6.92 Å². The molecule has 3 heteroatoms. The fourth-order valence-corrected chi connectivity index (χ4v) is 5.03. The van der Waals surface area contributed by atoms with Crippen molar-refractivity contribution in [3.63, 3.8) is 0 Å². The zero-order valence-electron chi connectivity index (χ0n) is 9.69. The molecule has 1 unspecified atom stereocenters. The molecule has 0 saturated heterocycles. The summed E-state index contributed by atoms with van der Waals surface area (Å²) < 4.78 is 40.6. The van der Waals surface area contributed by atoms with Crippen molar-refractivity contribution < 1.29 is 13.2 Å². The van der Waals surface area contributed by atoms with Gasteiger partial charge in [-0.25, -0.2) is 13.2 Å². The molecule has 0 N–H and O–H groups in total. The highest BCUT2D eigenvalue weighted by Crippen LogP contribution is 2.63. The van der Waals surface area contributed by atoms with Crippen molar-refractivity contribution in [3.05, 3.63) is 0 Å². The van der Waals surface area contributed by atoms with E-state index in [9.17, 15) is 13.2 Å². The fourth-order valence-electron chi connectivity index (χ4n) is 5.03. The van der Waals surface area contributed by atoms with Gasteiger partial charge in [-0.1, -0.05) is 0 Å². The van der Waals surface area contributed by atoms with Crippen LogP contribution in [-0.4, -0.2) is 12.1 Å². The molecule has 0 spiro atoms. The Kier molecular flexibility index (Phi) is 2.16. The average Bonchev–Trinajstić information content (AvgIpc) is 2.12. The lowest BCUT2D eigenvalue weighted by Gasteiger charge is -2.58. The van der Waals surface area contributed by atoms with Gasteiger partial charge in [0.1, 0.15) is 0 Å². The predicted octanol–water partition coefficient (Wildman–Crippen LogP) is 4.20. The molecule has 0 heterocycles. The number of halogens is 3. The van der Waals surface area contributed by atoms with Crippen molar-refractivity contribution in [2.45, 2.75) is 57.5 Å². The third kappa shape index (κ3) is 1.50. The third-order valence-electron chi connectivity index (χ3n) is 5.07. The van der Waals surface area contributed by atoms with Crippen molar-refractivity contribution in [1.29, 1.82) is 0 Å². The molecule has 1 atom stereocenters. The standard InChI is InChI=1S/C13H19F3/c1-12(15,16)11(14)13-5-8-2-9(6-13)4-10(3-8)7-13/h8-11H,2-7H2,1H3. The summed E-state index contributed by atoms with van der Waals surface area (Å²) in [7, 11) is 0. The van der Waals surface area contributed by atoms with Gasteiger partial charge in [0.05, 0.1) is 0 Å². The summed E-state index contributed by atoms with van der Waals surface area (Å²) in [5.41, 5.74) is -0.674. The molecule has 0 nitrogen and oxygen atoms in total. The van der Waals surface area contributed by atoms with Crippen LogP contribution in [0.3, 0.4) is 0 Å². The quantitative estimate of drug-likeness (QED) is 0.669. The zero-order chi connectivity index (χ0) is 11.6. The molecule has 0 amide bonds. The van der Waals surface area contributed by atoms with E-state index in [-0.39, 0.29) is 0 Å². The minimum atomic E-state index is -3.16. The highest BCUT2D eigenvalue weighted by atomic mass is 19.3. The lowest BCUT2D eigenvalue weighted by atomic mass is 9.48. The second kappa shape index (κ2) is 3.17. The molecule has 4 bridgehead atoms. The van der Waals surface area contributed by atoms with E-state index in [1.165, 1.54) is 19.3 Å². The van der Waals surface area contributed by atoms with Gasteiger partial charge < -0.3 is 0 Å². The molecule has 4 aliphatic rings. The van der Waals surface area contributed by atoms with E-state index >= 15 is 0 Å². The molecule has 4 aliphatic carbocycles. The maximum absolute atomic E-state index is 14.1. The van der Waals surface area contributed by atoms with E-state index in [0.29, 0.717) is 37.0 Å². The highest BCUT2D eigenvalue weighted by molar-refractivity contribution is 5.06. The smallest absolute Gasteiger partial charge is 0.240 e. The molecule has 0 aromatic heterocycles. The Morgan fingerprint density at radius 3 is 1.69 bits per heavy atom. The van der Waals surface area contributed by atoms with Gasteiger partial charge in [-0.05, 0) is 56.3 Å². The van der Waals surface area contributed by atoms with Crippen LogP contribution in [0.1, 0.15) is 45.4 Å². The molecule has 0 aromatic carbocycles. The summed E-state index contributed by atoms with van der Waals surface area (Å²) >= 11 is 0. The Morgan fingerprint density at radius 2 is 1.38 bits per heavy atom. The Balaban J connectivity index is 1.88. The number of rotatable bonds is 2. The van der Waals surface area contributed by atoms with Crippen LogP contribution >= 0.6 is 0 Å². The number of alkyl halides is 3. The van der Waals surface area contributed by atoms with Gasteiger partial charge >= 0.3 is 0 Å². The van der Waals surface area contributed by atoms with Gasteiger partial charge in [-0.2, -0.15) is 0 Å². The van der Waals surface area contributed by atoms with Crippen LogP contribution in [0.4, 0.5) is 13.2 Å². The molecular formula is C13H19F3. The molecule has 92 valence electrons. The molecule has 0 aromatic rings. The van der Waals surface area contributed by atoms with E-state index in [4.69, 9.17) is 0 Å². The molecular weight excluding hydrogens is 213 g/mol. The van der Waals surface area contributed by atoms with Crippen LogP contribution in [0.5, 0.6) is 0 Å². The molecule has 0 radical (unpaired) electrons. The summed E-state index contributed by atoms with van der Waals surface area (Å²) in [4.78, 5) is 0. The van der Waals surface area contributed by atoms with Crippen LogP contribution in [0, 0.1) is 23.2 Å². The van der Waals surface area contributed by atoms with Crippen LogP contribution in [0.2, 0.25) is 0 Å². The molecule has 4 rings (SSSR count). The van der Waals surface area contributed by atoms with Crippen LogP contribution in [0.25, 0.3) is 0 Å². The summed E-state index contributed by atoms with van der Waals surface area (Å²) in [5, 5.41) is 0. The maximum Gasteiger partial charge on any atom is 0.276 e. The van der Waals surface area contributed by atoms with Gasteiger partial charge in [0, 0.05) is 12.3 Å². The van der Waals surface area contributed by atoms with Crippen molar-refractivity contribution in [2.24, 2.45) is 23.2 Å². The van der Waals surface area contributed by atoms with E-state index in [1.54, 1.807) is 0 Å². The number of hydrogen-bond acceptors (Lipinski definition) is 0. The molecule has 16 heavy (non-hydrogen) atoms. The summed E-state index contributed by atoms with van der Waals surface area (Å²) in [6, 6.07) is 0. The van der Waals surface area contributed by atoms with E-state index in [2.05, 4.69) is 0 Å². The zero-order valence-corrected chi connectivity index (χ0v) is 9.69. The Morgan fingerprint density at radius 1 is 1.00 bits per heavy atom. The topological polar surface area (TPSA) is 0 Å². The average molecular weight is 232 g/mol. The van der Waals surface area contributed by atoms with E-state index in [1.807, 2.05) is 0 Å². The highest BCUT2D eigenvalue weighted by Gasteiger charge is 2.59. The van der Waals surface area contributed by atoms with Crippen LogP contribution in [0.15, 0.2) is 0 Å². The first-order chi connectivity index (χ1) is 7.39. The largest absolute Gasteiger partial charge is 0.276 e. The van der Waals surface area contributed by atoms with Gasteiger partial charge in [0.2, 0.25) is 0 Å².